The number of rotatable bonds is 7. The predicted octanol–water partition coefficient (Wildman–Crippen LogP) is 3.98. The Morgan fingerprint density at radius 1 is 1.12 bits per heavy atom. The Morgan fingerprint density at radius 3 is 2.42 bits per heavy atom. The fraction of sp³-hybridized carbons (Fsp3) is 0.458. The van der Waals surface area contributed by atoms with Crippen LogP contribution in [0, 0.1) is 13.8 Å². The quantitative estimate of drug-likeness (QED) is 0.564. The van der Waals surface area contributed by atoms with Gasteiger partial charge in [0.15, 0.2) is 5.65 Å². The van der Waals surface area contributed by atoms with Gasteiger partial charge in [0, 0.05) is 42.3 Å². The molecule has 2 aromatic heterocycles. The fourth-order valence-corrected chi connectivity index (χ4v) is 5.91. The number of aromatic nitrogens is 3. The minimum atomic E-state index is -3.45. The predicted molar refractivity (Wildman–Crippen MR) is 129 cm³/mol. The highest BCUT2D eigenvalue weighted by Gasteiger charge is 2.27. The lowest BCUT2D eigenvalue weighted by Crippen LogP contribution is -2.27. The van der Waals surface area contributed by atoms with E-state index in [1.807, 2.05) is 17.8 Å². The molecule has 1 aromatic carbocycles. The third-order valence-corrected chi connectivity index (χ3v) is 8.18. The summed E-state index contributed by atoms with van der Waals surface area (Å²) in [6.07, 6.45) is 4.52. The first-order valence-corrected chi connectivity index (χ1v) is 12.9. The number of carbonyl (C=O) groups is 1. The highest BCUT2D eigenvalue weighted by molar-refractivity contribution is 7.89. The molecule has 1 amide bonds. The summed E-state index contributed by atoms with van der Waals surface area (Å²) in [5.41, 5.74) is 4.53. The van der Waals surface area contributed by atoms with Crippen LogP contribution in [0.1, 0.15) is 56.0 Å². The van der Waals surface area contributed by atoms with Crippen LogP contribution >= 0.6 is 0 Å². The number of sulfonamides is 1. The summed E-state index contributed by atoms with van der Waals surface area (Å²) in [5, 5.41) is 8.35. The van der Waals surface area contributed by atoms with E-state index in [2.05, 4.69) is 31.2 Å². The molecule has 0 unspecified atom stereocenters. The first-order chi connectivity index (χ1) is 15.7. The maximum Gasteiger partial charge on any atom is 0.243 e. The number of nitrogens with zero attached hydrogens (tertiary/aromatic N) is 4. The van der Waals surface area contributed by atoms with Crippen LogP contribution in [0.25, 0.3) is 11.0 Å². The van der Waals surface area contributed by atoms with Gasteiger partial charge in [-0.2, -0.15) is 9.40 Å². The summed E-state index contributed by atoms with van der Waals surface area (Å²) in [6.45, 7) is 9.31. The Hall–Kier alpha value is -2.78. The molecule has 176 valence electrons. The molecular formula is C24H31N5O3S. The molecule has 4 rings (SSSR count). The van der Waals surface area contributed by atoms with E-state index in [0.717, 1.165) is 40.7 Å². The third-order valence-electron chi connectivity index (χ3n) is 6.27. The number of pyridine rings is 1. The van der Waals surface area contributed by atoms with Gasteiger partial charge in [-0.3, -0.25) is 4.79 Å². The fourth-order valence-electron chi connectivity index (χ4n) is 4.39. The number of carbonyl (C=O) groups excluding carboxylic acids is 1. The largest absolute Gasteiger partial charge is 0.326 e. The van der Waals surface area contributed by atoms with Crippen molar-refractivity contribution in [2.75, 3.05) is 18.4 Å². The standard InChI is InChI=1S/C24H31N5O3S/c1-16(2)29-24-22(15-25-29)17(3)21(18(4)26-24)11-12-23(30)27-19-7-9-20(10-8-19)33(31,32)28-13-5-6-14-28/h7-10,15-16H,5-6,11-14H2,1-4H3,(H,27,30). The van der Waals surface area contributed by atoms with Crippen molar-refractivity contribution < 1.29 is 13.2 Å². The van der Waals surface area contributed by atoms with Gasteiger partial charge in [0.1, 0.15) is 0 Å². The van der Waals surface area contributed by atoms with Crippen LogP contribution in [0.4, 0.5) is 5.69 Å². The molecular weight excluding hydrogens is 438 g/mol. The maximum absolute atomic E-state index is 12.6. The molecule has 0 saturated carbocycles. The van der Waals surface area contributed by atoms with Crippen molar-refractivity contribution in [1.82, 2.24) is 19.1 Å². The van der Waals surface area contributed by atoms with E-state index in [1.54, 1.807) is 24.3 Å². The van der Waals surface area contributed by atoms with Gasteiger partial charge < -0.3 is 5.32 Å². The number of benzene rings is 1. The molecule has 0 atom stereocenters. The van der Waals surface area contributed by atoms with E-state index >= 15 is 0 Å². The number of nitrogens with one attached hydrogen (secondary N) is 1. The number of amides is 1. The minimum Gasteiger partial charge on any atom is -0.326 e. The smallest absolute Gasteiger partial charge is 0.243 e. The summed E-state index contributed by atoms with van der Waals surface area (Å²) in [5.74, 6) is -0.123. The molecule has 1 fully saturated rings. The van der Waals surface area contributed by atoms with Gasteiger partial charge >= 0.3 is 0 Å². The maximum atomic E-state index is 12.6. The van der Waals surface area contributed by atoms with Crippen molar-refractivity contribution in [3.05, 3.63) is 47.3 Å². The van der Waals surface area contributed by atoms with E-state index < -0.39 is 10.0 Å². The van der Waals surface area contributed by atoms with Crippen LogP contribution in [-0.2, 0) is 21.2 Å². The van der Waals surface area contributed by atoms with Crippen molar-refractivity contribution in [1.29, 1.82) is 0 Å². The van der Waals surface area contributed by atoms with Crippen molar-refractivity contribution >= 4 is 32.7 Å². The summed E-state index contributed by atoms with van der Waals surface area (Å²) in [7, 11) is -3.45. The molecule has 3 aromatic rings. The first-order valence-electron chi connectivity index (χ1n) is 11.4. The number of anilines is 1. The van der Waals surface area contributed by atoms with E-state index in [9.17, 15) is 13.2 Å². The van der Waals surface area contributed by atoms with Crippen molar-refractivity contribution in [3.63, 3.8) is 0 Å². The second-order valence-electron chi connectivity index (χ2n) is 8.90. The number of hydrogen-bond acceptors (Lipinski definition) is 5. The molecule has 8 nitrogen and oxygen atoms in total. The Morgan fingerprint density at radius 2 is 1.79 bits per heavy atom. The summed E-state index contributed by atoms with van der Waals surface area (Å²) in [6, 6.07) is 6.63. The lowest BCUT2D eigenvalue weighted by atomic mass is 10.0. The topological polar surface area (TPSA) is 97.2 Å². The van der Waals surface area contributed by atoms with Crippen LogP contribution in [0.15, 0.2) is 35.4 Å². The second-order valence-corrected chi connectivity index (χ2v) is 10.8. The molecule has 1 aliphatic rings. The average molecular weight is 470 g/mol. The second kappa shape index (κ2) is 9.23. The Labute approximate surface area is 195 Å². The average Bonchev–Trinajstić information content (AvgIpc) is 3.44. The third kappa shape index (κ3) is 4.65. The SMILES string of the molecule is Cc1nc2c(cnn2C(C)C)c(C)c1CCC(=O)Nc1ccc(S(=O)(=O)N2CCCC2)cc1. The summed E-state index contributed by atoms with van der Waals surface area (Å²) >= 11 is 0. The number of aryl methyl sites for hydroxylation is 2. The molecule has 3 heterocycles. The highest BCUT2D eigenvalue weighted by Crippen LogP contribution is 2.26. The lowest BCUT2D eigenvalue weighted by Gasteiger charge is -2.16. The normalized spacial score (nSPS) is 14.9. The lowest BCUT2D eigenvalue weighted by molar-refractivity contribution is -0.116. The molecule has 0 spiro atoms. The number of hydrogen-bond donors (Lipinski definition) is 1. The van der Waals surface area contributed by atoms with E-state index in [-0.39, 0.29) is 16.8 Å². The van der Waals surface area contributed by atoms with E-state index in [1.165, 1.54) is 4.31 Å². The molecule has 0 bridgehead atoms. The molecule has 9 heteroatoms. The van der Waals surface area contributed by atoms with Gasteiger partial charge in [-0.05, 0) is 82.3 Å². The van der Waals surface area contributed by atoms with Crippen molar-refractivity contribution in [3.8, 4) is 0 Å². The zero-order valence-corrected chi connectivity index (χ0v) is 20.4. The van der Waals surface area contributed by atoms with E-state index in [4.69, 9.17) is 4.98 Å². The zero-order chi connectivity index (χ0) is 23.8. The Bertz CT molecular complexity index is 1270. The molecule has 33 heavy (non-hydrogen) atoms. The zero-order valence-electron chi connectivity index (χ0n) is 19.6. The highest BCUT2D eigenvalue weighted by atomic mass is 32.2. The molecule has 0 radical (unpaired) electrons. The molecule has 1 saturated heterocycles. The number of fused-ring (bicyclic) bond motifs is 1. The first kappa shape index (κ1) is 23.4. The van der Waals surface area contributed by atoms with Crippen LogP contribution < -0.4 is 5.32 Å². The molecule has 1 aliphatic heterocycles. The molecule has 1 N–H and O–H groups in total. The molecule has 0 aliphatic carbocycles. The van der Waals surface area contributed by atoms with Gasteiger partial charge in [0.2, 0.25) is 15.9 Å². The Kier molecular flexibility index (Phi) is 6.54. The summed E-state index contributed by atoms with van der Waals surface area (Å²) in [4.78, 5) is 17.6. The summed E-state index contributed by atoms with van der Waals surface area (Å²) < 4.78 is 28.7. The van der Waals surface area contributed by atoms with E-state index in [0.29, 0.717) is 31.6 Å². The van der Waals surface area contributed by atoms with Crippen LogP contribution in [0.5, 0.6) is 0 Å². The van der Waals surface area contributed by atoms with Gasteiger partial charge in [-0.15, -0.1) is 0 Å². The van der Waals surface area contributed by atoms with Gasteiger partial charge in [0.05, 0.1) is 11.1 Å². The van der Waals surface area contributed by atoms with Gasteiger partial charge in [-0.1, -0.05) is 0 Å². The van der Waals surface area contributed by atoms with Gasteiger partial charge in [-0.25, -0.2) is 18.1 Å². The Balaban J connectivity index is 1.42. The van der Waals surface area contributed by atoms with Crippen LogP contribution in [-0.4, -0.2) is 46.5 Å². The van der Waals surface area contributed by atoms with Crippen molar-refractivity contribution in [2.24, 2.45) is 0 Å². The minimum absolute atomic E-state index is 0.123. The van der Waals surface area contributed by atoms with Crippen LogP contribution in [0.3, 0.4) is 0 Å². The van der Waals surface area contributed by atoms with Crippen molar-refractivity contribution in [2.45, 2.75) is 64.3 Å². The van der Waals surface area contributed by atoms with Gasteiger partial charge in [0.25, 0.3) is 0 Å². The monoisotopic (exact) mass is 469 g/mol. The van der Waals surface area contributed by atoms with Crippen LogP contribution in [0.2, 0.25) is 0 Å².